The van der Waals surface area contributed by atoms with E-state index in [9.17, 15) is 4.79 Å². The van der Waals surface area contributed by atoms with Gasteiger partial charge in [-0.15, -0.1) is 0 Å². The Labute approximate surface area is 50.7 Å². The van der Waals surface area contributed by atoms with Crippen molar-refractivity contribution in [2.24, 2.45) is 0 Å². The molecule has 0 amide bonds. The van der Waals surface area contributed by atoms with Crippen LogP contribution < -0.4 is 17.0 Å². The lowest BCUT2D eigenvalue weighted by Crippen LogP contribution is -2.11. The van der Waals surface area contributed by atoms with Crippen molar-refractivity contribution in [2.45, 2.75) is 0 Å². The third-order valence-electron chi connectivity index (χ3n) is 0.724. The molecule has 0 saturated carbocycles. The zero-order valence-corrected chi connectivity index (χ0v) is 4.51. The Kier molecular flexibility index (Phi) is 1.11. The number of hydrogen-bond acceptors (Lipinski definition) is 4. The van der Waals surface area contributed by atoms with Crippen LogP contribution in [0.4, 0.5) is 11.8 Å². The summed E-state index contributed by atoms with van der Waals surface area (Å²) in [5, 5.41) is 0. The molecule has 1 aromatic heterocycles. The van der Waals surface area contributed by atoms with Crippen molar-refractivity contribution in [1.29, 1.82) is 0 Å². The molecule has 0 aliphatic rings. The van der Waals surface area contributed by atoms with Gasteiger partial charge in [-0.1, -0.05) is 0 Å². The average Bonchev–Trinajstić information content (AvgIpc) is 1.59. The first kappa shape index (κ1) is 5.61. The Balaban J connectivity index is 3.33. The van der Waals surface area contributed by atoms with Crippen LogP contribution >= 0.6 is 0 Å². The Morgan fingerprint density at radius 2 is 2.22 bits per heavy atom. The van der Waals surface area contributed by atoms with Gasteiger partial charge in [0.25, 0.3) is 5.56 Å². The first-order valence-corrected chi connectivity index (χ1v) is 2.23. The van der Waals surface area contributed by atoms with E-state index in [2.05, 4.69) is 16.0 Å². The summed E-state index contributed by atoms with van der Waals surface area (Å²) in [5.74, 6) is 0.0208. The molecule has 1 heterocycles. The van der Waals surface area contributed by atoms with Crippen LogP contribution in [-0.4, -0.2) is 9.97 Å². The number of rotatable bonds is 0. The number of nitrogens with two attached hydrogens (primary N) is 2. The molecule has 0 spiro atoms. The molecule has 0 saturated heterocycles. The molecular weight excluding hydrogens is 120 g/mol. The van der Waals surface area contributed by atoms with Gasteiger partial charge in [0, 0.05) is 0 Å². The van der Waals surface area contributed by atoms with Gasteiger partial charge in [0.2, 0.25) is 5.95 Å². The van der Waals surface area contributed by atoms with Crippen molar-refractivity contribution >= 4 is 11.8 Å². The van der Waals surface area contributed by atoms with E-state index in [1.165, 1.54) is 0 Å². The first-order valence-electron chi connectivity index (χ1n) is 2.23. The predicted octanol–water partition coefficient (Wildman–Crippen LogP) is -1.27. The van der Waals surface area contributed by atoms with E-state index >= 15 is 0 Å². The zero-order valence-electron chi connectivity index (χ0n) is 4.51. The quantitative estimate of drug-likeness (QED) is 0.403. The summed E-state index contributed by atoms with van der Waals surface area (Å²) < 4.78 is 0. The molecule has 1 rings (SSSR count). The highest BCUT2D eigenvalue weighted by molar-refractivity contribution is 5.30. The van der Waals surface area contributed by atoms with Gasteiger partial charge in [-0.25, -0.2) is 0 Å². The third kappa shape index (κ3) is 1.18. The van der Waals surface area contributed by atoms with Crippen LogP contribution in [0.2, 0.25) is 0 Å². The highest BCUT2D eigenvalue weighted by Gasteiger charge is 1.90. The number of anilines is 2. The van der Waals surface area contributed by atoms with E-state index < -0.39 is 5.56 Å². The summed E-state index contributed by atoms with van der Waals surface area (Å²) in [4.78, 5) is 16.1. The molecule has 47 valence electrons. The predicted molar refractivity (Wildman–Crippen MR) is 32.5 cm³/mol. The van der Waals surface area contributed by atoms with Crippen LogP contribution in [0.25, 0.3) is 0 Å². The smallest absolute Gasteiger partial charge is 0.262 e. The van der Waals surface area contributed by atoms with E-state index in [1.807, 2.05) is 0 Å². The fraction of sp³-hybridized carbons (Fsp3) is 0. The van der Waals surface area contributed by atoms with Crippen LogP contribution in [-0.2, 0) is 0 Å². The van der Waals surface area contributed by atoms with Gasteiger partial charge in [0.15, 0.2) is 0 Å². The van der Waals surface area contributed by atoms with E-state index in [4.69, 9.17) is 11.5 Å². The van der Waals surface area contributed by atoms with Crippen molar-refractivity contribution in [3.8, 4) is 0 Å². The molecular formula is C4H5N4O. The maximum atomic E-state index is 10.4. The Morgan fingerprint density at radius 1 is 1.56 bits per heavy atom. The fourth-order valence-electron chi connectivity index (χ4n) is 0.450. The number of aromatic nitrogens is 2. The van der Waals surface area contributed by atoms with Crippen molar-refractivity contribution in [3.63, 3.8) is 0 Å². The summed E-state index contributed by atoms with van der Waals surface area (Å²) in [6, 6.07) is 2.19. The lowest BCUT2D eigenvalue weighted by atomic mass is 10.6. The molecule has 0 unspecified atom stereocenters. The third-order valence-corrected chi connectivity index (χ3v) is 0.724. The summed E-state index contributed by atoms with van der Waals surface area (Å²) >= 11 is 0. The zero-order chi connectivity index (χ0) is 6.85. The van der Waals surface area contributed by atoms with Crippen LogP contribution in [0.5, 0.6) is 0 Å². The van der Waals surface area contributed by atoms with Crippen molar-refractivity contribution < 1.29 is 0 Å². The van der Waals surface area contributed by atoms with Crippen LogP contribution in [0.3, 0.4) is 0 Å². The molecule has 0 aliphatic heterocycles. The minimum absolute atomic E-state index is 0.0104. The van der Waals surface area contributed by atoms with Gasteiger partial charge in [0.05, 0.1) is 6.07 Å². The molecule has 0 bridgehead atoms. The summed E-state index contributed by atoms with van der Waals surface area (Å²) in [7, 11) is 0. The SMILES string of the molecule is Nc1[c]c(=O)[nH]c(N)n1. The second-order valence-corrected chi connectivity index (χ2v) is 1.46. The lowest BCUT2D eigenvalue weighted by Gasteiger charge is -1.90. The molecule has 0 aromatic carbocycles. The molecule has 0 atom stereocenters. The van der Waals surface area contributed by atoms with Gasteiger partial charge < -0.3 is 11.5 Å². The molecule has 0 fully saturated rings. The van der Waals surface area contributed by atoms with Crippen molar-refractivity contribution in [3.05, 3.63) is 16.4 Å². The minimum Gasteiger partial charge on any atom is -0.383 e. The number of nitrogen functional groups attached to an aromatic ring is 2. The fourth-order valence-corrected chi connectivity index (χ4v) is 0.450. The summed E-state index contributed by atoms with van der Waals surface area (Å²) in [5.41, 5.74) is 9.73. The monoisotopic (exact) mass is 125 g/mol. The maximum absolute atomic E-state index is 10.4. The molecule has 5 heteroatoms. The van der Waals surface area contributed by atoms with Gasteiger partial charge in [-0.05, 0) is 0 Å². The van der Waals surface area contributed by atoms with Gasteiger partial charge in [-0.2, -0.15) is 4.98 Å². The highest BCUT2D eigenvalue weighted by atomic mass is 16.1. The van der Waals surface area contributed by atoms with Crippen LogP contribution in [0.15, 0.2) is 4.79 Å². The van der Waals surface area contributed by atoms with Gasteiger partial charge in [-0.3, -0.25) is 9.78 Å². The molecule has 1 radical (unpaired) electrons. The molecule has 9 heavy (non-hydrogen) atoms. The standard InChI is InChI=1S/C4H5N4O/c5-2-1-3(9)8-4(6)7-2/h(H5,5,6,7,8,9). The highest BCUT2D eigenvalue weighted by Crippen LogP contribution is 1.88. The molecule has 1 aromatic rings. The van der Waals surface area contributed by atoms with Crippen LogP contribution in [0.1, 0.15) is 0 Å². The van der Waals surface area contributed by atoms with E-state index in [-0.39, 0.29) is 11.8 Å². The Morgan fingerprint density at radius 3 is 2.67 bits per heavy atom. The Bertz CT molecular complexity index is 242. The number of H-pyrrole nitrogens is 1. The van der Waals surface area contributed by atoms with Crippen molar-refractivity contribution in [2.75, 3.05) is 11.5 Å². The Hall–Kier alpha value is -1.52. The maximum Gasteiger partial charge on any atom is 0.262 e. The lowest BCUT2D eigenvalue weighted by molar-refractivity contribution is 1.14. The van der Waals surface area contributed by atoms with Crippen LogP contribution in [0, 0.1) is 6.07 Å². The summed E-state index contributed by atoms with van der Waals surface area (Å²) in [6.07, 6.45) is 0. The van der Waals surface area contributed by atoms with E-state index in [1.54, 1.807) is 0 Å². The molecule has 5 nitrogen and oxygen atoms in total. The number of nitrogens with zero attached hydrogens (tertiary/aromatic N) is 1. The second-order valence-electron chi connectivity index (χ2n) is 1.46. The largest absolute Gasteiger partial charge is 0.383 e. The number of aromatic amines is 1. The number of hydrogen-bond donors (Lipinski definition) is 3. The van der Waals surface area contributed by atoms with E-state index in [0.717, 1.165) is 0 Å². The minimum atomic E-state index is -0.458. The molecule has 5 N–H and O–H groups in total. The number of nitrogens with one attached hydrogen (secondary N) is 1. The normalized spacial score (nSPS) is 9.33. The summed E-state index contributed by atoms with van der Waals surface area (Å²) in [6.45, 7) is 0. The first-order chi connectivity index (χ1) is 4.18. The topological polar surface area (TPSA) is 97.8 Å². The second kappa shape index (κ2) is 1.77. The van der Waals surface area contributed by atoms with E-state index in [0.29, 0.717) is 0 Å². The van der Waals surface area contributed by atoms with Gasteiger partial charge in [0.1, 0.15) is 5.82 Å². The average molecular weight is 125 g/mol. The molecule has 0 aliphatic carbocycles. The van der Waals surface area contributed by atoms with Gasteiger partial charge >= 0.3 is 0 Å². The van der Waals surface area contributed by atoms with Crippen molar-refractivity contribution in [1.82, 2.24) is 9.97 Å².